The molecule has 2 N–H and O–H groups in total. The molecule has 4 aromatic heterocycles. The minimum atomic E-state index is -0.299. The maximum absolute atomic E-state index is 12.7. The number of hydrogen-bond acceptors (Lipinski definition) is 7. The van der Waals surface area contributed by atoms with Crippen molar-refractivity contribution < 1.29 is 4.79 Å². The van der Waals surface area contributed by atoms with Crippen LogP contribution in [0.25, 0.3) is 11.6 Å². The summed E-state index contributed by atoms with van der Waals surface area (Å²) in [5, 5.41) is 24.9. The van der Waals surface area contributed by atoms with E-state index in [1.54, 1.807) is 17.1 Å². The minimum absolute atomic E-state index is 0.272. The zero-order valence-corrected chi connectivity index (χ0v) is 14.6. The van der Waals surface area contributed by atoms with Crippen LogP contribution >= 0.6 is 0 Å². The lowest BCUT2D eigenvalue weighted by Gasteiger charge is -2.14. The second-order valence-corrected chi connectivity index (χ2v) is 5.87. The quantitative estimate of drug-likeness (QED) is 0.534. The molecule has 11 nitrogen and oxygen atoms in total. The minimum Gasteiger partial charge on any atom is -0.345 e. The lowest BCUT2D eigenvalue weighted by atomic mass is 10.1. The number of carbonyl (C=O) groups is 1. The normalized spacial score (nSPS) is 12.1. The Morgan fingerprint density at radius 2 is 2.19 bits per heavy atom. The molecule has 4 rings (SSSR count). The van der Waals surface area contributed by atoms with Gasteiger partial charge in [-0.2, -0.15) is 14.9 Å². The fraction of sp³-hybridized carbons (Fsp3) is 0.188. The molecule has 0 fully saturated rings. The highest BCUT2D eigenvalue weighted by Gasteiger charge is 2.21. The predicted octanol–water partition coefficient (Wildman–Crippen LogP) is 0.766. The van der Waals surface area contributed by atoms with E-state index in [9.17, 15) is 4.79 Å². The number of tetrazole rings is 1. The molecule has 0 aliphatic heterocycles. The van der Waals surface area contributed by atoms with E-state index in [0.29, 0.717) is 11.4 Å². The van der Waals surface area contributed by atoms with Gasteiger partial charge in [-0.05, 0) is 36.4 Å². The van der Waals surface area contributed by atoms with Gasteiger partial charge in [-0.3, -0.25) is 9.89 Å². The summed E-state index contributed by atoms with van der Waals surface area (Å²) in [6, 6.07) is 5.34. The molecule has 0 radical (unpaired) electrons. The molecular formula is C16H16N10O. The Labute approximate surface area is 153 Å². The maximum atomic E-state index is 12.7. The van der Waals surface area contributed by atoms with Gasteiger partial charge in [-0.1, -0.05) is 6.07 Å². The third-order valence-corrected chi connectivity index (χ3v) is 4.17. The lowest BCUT2D eigenvalue weighted by Crippen LogP contribution is -2.27. The van der Waals surface area contributed by atoms with Gasteiger partial charge in [0.15, 0.2) is 11.6 Å². The van der Waals surface area contributed by atoms with Crippen LogP contribution in [0, 0.1) is 6.92 Å². The molecule has 0 spiro atoms. The predicted molar refractivity (Wildman–Crippen MR) is 93.3 cm³/mol. The van der Waals surface area contributed by atoms with Gasteiger partial charge in [0.1, 0.15) is 11.9 Å². The van der Waals surface area contributed by atoms with E-state index < -0.39 is 0 Å². The van der Waals surface area contributed by atoms with Crippen molar-refractivity contribution in [2.45, 2.75) is 19.9 Å². The van der Waals surface area contributed by atoms with Crippen LogP contribution in [0.1, 0.15) is 34.6 Å². The number of aromatic amines is 1. The first-order chi connectivity index (χ1) is 13.1. The van der Waals surface area contributed by atoms with Crippen LogP contribution in [-0.2, 0) is 0 Å². The van der Waals surface area contributed by atoms with Gasteiger partial charge < -0.3 is 5.32 Å². The third-order valence-electron chi connectivity index (χ3n) is 4.17. The Bertz CT molecular complexity index is 1050. The summed E-state index contributed by atoms with van der Waals surface area (Å²) in [6.07, 6.45) is 6.26. The molecule has 11 heteroatoms. The summed E-state index contributed by atoms with van der Waals surface area (Å²) < 4.78 is 3.08. The van der Waals surface area contributed by atoms with E-state index in [4.69, 9.17) is 0 Å². The number of hydrogen-bond donors (Lipinski definition) is 2. The molecule has 0 aliphatic rings. The van der Waals surface area contributed by atoms with E-state index in [1.807, 2.05) is 32.0 Å². The Hall–Kier alpha value is -3.89. The Morgan fingerprint density at radius 1 is 1.30 bits per heavy atom. The molecule has 0 bridgehead atoms. The van der Waals surface area contributed by atoms with Crippen molar-refractivity contribution in [3.63, 3.8) is 0 Å². The molecule has 4 heterocycles. The molecule has 0 saturated heterocycles. The summed E-state index contributed by atoms with van der Waals surface area (Å²) in [7, 11) is 0. The zero-order chi connectivity index (χ0) is 18.8. The largest absolute Gasteiger partial charge is 0.345 e. The van der Waals surface area contributed by atoms with Gasteiger partial charge in [-0.15, -0.1) is 5.10 Å². The fourth-order valence-corrected chi connectivity index (χ4v) is 2.79. The van der Waals surface area contributed by atoms with Crippen LogP contribution in [0.3, 0.4) is 0 Å². The van der Waals surface area contributed by atoms with Crippen LogP contribution in [0.4, 0.5) is 0 Å². The summed E-state index contributed by atoms with van der Waals surface area (Å²) >= 11 is 0. The van der Waals surface area contributed by atoms with Gasteiger partial charge >= 0.3 is 0 Å². The molecular weight excluding hydrogens is 348 g/mol. The zero-order valence-electron chi connectivity index (χ0n) is 14.6. The number of carbonyl (C=O) groups excluding carboxylic acids is 1. The fourth-order valence-electron chi connectivity index (χ4n) is 2.79. The first kappa shape index (κ1) is 16.6. The second kappa shape index (κ2) is 6.78. The standard InChI is InChI=1S/C16H16N10O/c1-10(12-8-20-26(11(12)2)14-5-3-4-6-17-14)21-16(27)13-7-18-22-15(13)25-9-19-23-24-25/h3-10H,1-2H3,(H,18,22)(H,21,27). The molecule has 1 amide bonds. The first-order valence-electron chi connectivity index (χ1n) is 8.18. The van der Waals surface area contributed by atoms with Gasteiger partial charge in [0, 0.05) is 17.5 Å². The highest BCUT2D eigenvalue weighted by molar-refractivity contribution is 5.97. The van der Waals surface area contributed by atoms with Crippen molar-refractivity contribution in [1.82, 2.24) is 50.5 Å². The van der Waals surface area contributed by atoms with Crippen LogP contribution in [-0.4, -0.2) is 51.1 Å². The molecule has 1 atom stereocenters. The summed E-state index contributed by atoms with van der Waals surface area (Å²) in [5.74, 6) is 0.813. The number of aromatic nitrogens is 9. The third kappa shape index (κ3) is 3.05. The summed E-state index contributed by atoms with van der Waals surface area (Å²) in [4.78, 5) is 17.0. The van der Waals surface area contributed by atoms with E-state index in [0.717, 1.165) is 17.1 Å². The van der Waals surface area contributed by atoms with Gasteiger partial charge in [0.2, 0.25) is 0 Å². The van der Waals surface area contributed by atoms with Crippen LogP contribution in [0.2, 0.25) is 0 Å². The van der Waals surface area contributed by atoms with Crippen molar-refractivity contribution in [2.24, 2.45) is 0 Å². The van der Waals surface area contributed by atoms with Crippen LogP contribution in [0.15, 0.2) is 43.1 Å². The van der Waals surface area contributed by atoms with Crippen molar-refractivity contribution in [3.05, 3.63) is 59.9 Å². The summed E-state index contributed by atoms with van der Waals surface area (Å²) in [5.41, 5.74) is 2.12. The first-order valence-corrected chi connectivity index (χ1v) is 8.18. The van der Waals surface area contributed by atoms with Crippen molar-refractivity contribution in [2.75, 3.05) is 0 Å². The van der Waals surface area contributed by atoms with E-state index in [2.05, 4.69) is 41.1 Å². The lowest BCUT2D eigenvalue weighted by molar-refractivity contribution is 0.0939. The summed E-state index contributed by atoms with van der Waals surface area (Å²) in [6.45, 7) is 3.82. The number of pyridine rings is 1. The molecule has 0 aromatic carbocycles. The molecule has 0 aliphatic carbocycles. The molecule has 27 heavy (non-hydrogen) atoms. The topological polar surface area (TPSA) is 132 Å². The highest BCUT2D eigenvalue weighted by Crippen LogP contribution is 2.20. The number of amides is 1. The van der Waals surface area contributed by atoms with Crippen molar-refractivity contribution in [1.29, 1.82) is 0 Å². The van der Waals surface area contributed by atoms with E-state index in [1.165, 1.54) is 17.2 Å². The van der Waals surface area contributed by atoms with E-state index >= 15 is 0 Å². The highest BCUT2D eigenvalue weighted by atomic mass is 16.1. The van der Waals surface area contributed by atoms with Gasteiger partial charge in [-0.25, -0.2) is 9.67 Å². The van der Waals surface area contributed by atoms with Gasteiger partial charge in [0.25, 0.3) is 5.91 Å². The van der Waals surface area contributed by atoms with Crippen molar-refractivity contribution >= 4 is 5.91 Å². The molecule has 136 valence electrons. The molecule has 1 unspecified atom stereocenters. The Balaban J connectivity index is 1.55. The van der Waals surface area contributed by atoms with Gasteiger partial charge in [0.05, 0.1) is 18.4 Å². The monoisotopic (exact) mass is 364 g/mol. The van der Waals surface area contributed by atoms with Crippen LogP contribution < -0.4 is 5.32 Å². The Kier molecular flexibility index (Phi) is 4.16. The maximum Gasteiger partial charge on any atom is 0.257 e. The molecule has 0 saturated carbocycles. The number of nitrogens with one attached hydrogen (secondary N) is 2. The second-order valence-electron chi connectivity index (χ2n) is 5.87. The van der Waals surface area contributed by atoms with Crippen LogP contribution in [0.5, 0.6) is 0 Å². The number of nitrogens with zero attached hydrogens (tertiary/aromatic N) is 8. The number of rotatable bonds is 5. The SMILES string of the molecule is Cc1c(C(C)NC(=O)c2cn[nH]c2-n2cnnn2)cnn1-c1ccccn1. The van der Waals surface area contributed by atoms with E-state index in [-0.39, 0.29) is 11.9 Å². The average Bonchev–Trinajstić information content (AvgIpc) is 3.42. The van der Waals surface area contributed by atoms with Crippen molar-refractivity contribution in [3.8, 4) is 11.6 Å². The smallest absolute Gasteiger partial charge is 0.257 e. The average molecular weight is 364 g/mol. The molecule has 4 aromatic rings. The Morgan fingerprint density at radius 3 is 2.93 bits per heavy atom. The number of H-pyrrole nitrogens is 1.